The molecule has 0 aliphatic heterocycles. The van der Waals surface area contributed by atoms with E-state index < -0.39 is 60.2 Å². The Bertz CT molecular complexity index is 1010. The maximum atomic E-state index is 12.8. The SMILES string of the molecule is NC(=O)CC(NC(=O)C(N)Cc1cnc[nH]1)C(=O)NC(CS)C(=O)NC(Cc1cnc[nH]1)C(=O)O. The smallest absolute Gasteiger partial charge is 0.326 e. The molecule has 2 rings (SSSR count). The Balaban J connectivity index is 2.02. The van der Waals surface area contributed by atoms with Crippen molar-refractivity contribution in [2.24, 2.45) is 11.5 Å². The lowest BCUT2D eigenvalue weighted by Gasteiger charge is -2.24. The van der Waals surface area contributed by atoms with E-state index in [2.05, 4.69) is 48.5 Å². The number of H-pyrrole nitrogens is 2. The minimum atomic E-state index is -1.43. The molecule has 0 saturated heterocycles. The average molecular weight is 510 g/mol. The van der Waals surface area contributed by atoms with Crippen molar-refractivity contribution in [3.63, 3.8) is 0 Å². The normalized spacial score (nSPS) is 14.2. The highest BCUT2D eigenvalue weighted by atomic mass is 32.1. The fourth-order valence-electron chi connectivity index (χ4n) is 2.97. The van der Waals surface area contributed by atoms with E-state index in [-0.39, 0.29) is 18.6 Å². The Morgan fingerprint density at radius 1 is 0.886 bits per heavy atom. The maximum Gasteiger partial charge on any atom is 0.326 e. The van der Waals surface area contributed by atoms with Crippen LogP contribution in [0.3, 0.4) is 0 Å². The summed E-state index contributed by atoms with van der Waals surface area (Å²) in [5, 5.41) is 16.4. The number of aromatic amines is 2. The summed E-state index contributed by atoms with van der Waals surface area (Å²) in [4.78, 5) is 74.0. The number of carboxylic acids is 1. The van der Waals surface area contributed by atoms with Gasteiger partial charge in [-0.2, -0.15) is 12.6 Å². The molecule has 0 fully saturated rings. The van der Waals surface area contributed by atoms with Crippen LogP contribution < -0.4 is 27.4 Å². The molecule has 0 bridgehead atoms. The molecule has 0 spiro atoms. The van der Waals surface area contributed by atoms with Gasteiger partial charge in [0, 0.05) is 42.4 Å². The number of thiol groups is 1. The summed E-state index contributed by atoms with van der Waals surface area (Å²) in [5.74, 6) is -4.86. The summed E-state index contributed by atoms with van der Waals surface area (Å²) >= 11 is 4.04. The van der Waals surface area contributed by atoms with E-state index in [1.165, 1.54) is 25.0 Å². The predicted molar refractivity (Wildman–Crippen MR) is 124 cm³/mol. The van der Waals surface area contributed by atoms with Crippen LogP contribution in [0.5, 0.6) is 0 Å². The van der Waals surface area contributed by atoms with Gasteiger partial charge >= 0.3 is 5.97 Å². The number of carboxylic acid groups (broad SMARTS) is 1. The summed E-state index contributed by atoms with van der Waals surface area (Å²) in [7, 11) is 0. The third kappa shape index (κ3) is 8.74. The quantitative estimate of drug-likeness (QED) is 0.115. The van der Waals surface area contributed by atoms with Crippen LogP contribution in [-0.4, -0.2) is 84.6 Å². The number of aliphatic carboxylic acids is 1. The lowest BCUT2D eigenvalue weighted by molar-refractivity contribution is -0.142. The standard InChI is InChI=1S/C19H27N9O6S/c20-11(1-9-4-22-7-24-9)16(30)26-12(3-15(21)29)17(31)28-14(6-35)18(32)27-13(19(33)34)2-10-5-23-8-25-10/h4-5,7-8,11-14,35H,1-3,6,20H2,(H2,21,29)(H,22,24)(H,23,25)(H,26,30)(H,27,32)(H,28,31)(H,33,34). The average Bonchev–Trinajstić information content (AvgIpc) is 3.50. The fraction of sp³-hybridized carbons (Fsp3) is 0.421. The van der Waals surface area contributed by atoms with Gasteiger partial charge in [0.1, 0.15) is 18.1 Å². The van der Waals surface area contributed by atoms with Crippen molar-refractivity contribution in [2.75, 3.05) is 5.75 Å². The number of primary amides is 1. The highest BCUT2D eigenvalue weighted by molar-refractivity contribution is 7.80. The predicted octanol–water partition coefficient (Wildman–Crippen LogP) is -3.41. The Morgan fingerprint density at radius 2 is 1.40 bits per heavy atom. The summed E-state index contributed by atoms with van der Waals surface area (Å²) in [5.41, 5.74) is 12.1. The zero-order valence-electron chi connectivity index (χ0n) is 18.4. The largest absolute Gasteiger partial charge is 0.480 e. The molecule has 0 saturated carbocycles. The topological polar surface area (TPSA) is 251 Å². The number of imidazole rings is 2. The number of nitrogens with zero attached hydrogens (tertiary/aromatic N) is 2. The third-order valence-corrected chi connectivity index (χ3v) is 5.14. The number of nitrogens with one attached hydrogen (secondary N) is 5. The first-order valence-corrected chi connectivity index (χ1v) is 11.0. The number of rotatable bonds is 14. The number of hydrogen-bond acceptors (Lipinski definition) is 9. The van der Waals surface area contributed by atoms with Crippen LogP contribution >= 0.6 is 12.6 Å². The van der Waals surface area contributed by atoms with Gasteiger partial charge in [0.2, 0.25) is 23.6 Å². The van der Waals surface area contributed by atoms with Crippen LogP contribution in [0.2, 0.25) is 0 Å². The Morgan fingerprint density at radius 3 is 1.89 bits per heavy atom. The number of aromatic nitrogens is 4. The van der Waals surface area contributed by atoms with Gasteiger partial charge in [-0.1, -0.05) is 0 Å². The molecule has 16 heteroatoms. The Hall–Kier alpha value is -3.92. The van der Waals surface area contributed by atoms with Gasteiger partial charge in [-0.15, -0.1) is 0 Å². The monoisotopic (exact) mass is 509 g/mol. The molecule has 4 amide bonds. The highest BCUT2D eigenvalue weighted by Gasteiger charge is 2.31. The lowest BCUT2D eigenvalue weighted by Crippen LogP contribution is -2.58. The van der Waals surface area contributed by atoms with Crippen LogP contribution in [0.25, 0.3) is 0 Å². The van der Waals surface area contributed by atoms with Crippen molar-refractivity contribution in [1.82, 2.24) is 35.9 Å². The molecule has 0 aliphatic rings. The number of carbonyl (C=O) groups is 5. The van der Waals surface area contributed by atoms with Gasteiger partial charge in [0.25, 0.3) is 0 Å². The number of amides is 4. The van der Waals surface area contributed by atoms with Crippen LogP contribution in [0, 0.1) is 0 Å². The van der Waals surface area contributed by atoms with Crippen LogP contribution in [-0.2, 0) is 36.8 Å². The minimum absolute atomic E-state index is 0.0805. The van der Waals surface area contributed by atoms with Crippen molar-refractivity contribution in [3.05, 3.63) is 36.4 Å². The molecule has 2 aromatic heterocycles. The molecule has 2 aromatic rings. The van der Waals surface area contributed by atoms with E-state index in [4.69, 9.17) is 11.5 Å². The molecule has 10 N–H and O–H groups in total. The molecule has 0 aliphatic carbocycles. The Labute approximate surface area is 204 Å². The summed E-state index contributed by atoms with van der Waals surface area (Å²) in [6.45, 7) is 0. The van der Waals surface area contributed by atoms with E-state index in [9.17, 15) is 29.1 Å². The van der Waals surface area contributed by atoms with Crippen molar-refractivity contribution in [2.45, 2.75) is 43.4 Å². The van der Waals surface area contributed by atoms with Gasteiger partial charge in [0.05, 0.1) is 25.1 Å². The molecular formula is C19H27N9O6S. The molecule has 0 radical (unpaired) electrons. The molecule has 190 valence electrons. The second kappa shape index (κ2) is 13.1. The fourth-order valence-corrected chi connectivity index (χ4v) is 3.23. The first-order chi connectivity index (χ1) is 16.6. The van der Waals surface area contributed by atoms with Crippen LogP contribution in [0.15, 0.2) is 25.0 Å². The summed E-state index contributed by atoms with van der Waals surface area (Å²) in [6.07, 6.45) is 5.11. The van der Waals surface area contributed by atoms with Crippen LogP contribution in [0.1, 0.15) is 17.8 Å². The van der Waals surface area contributed by atoms with E-state index in [0.717, 1.165) is 0 Å². The van der Waals surface area contributed by atoms with E-state index in [1.54, 1.807) is 0 Å². The van der Waals surface area contributed by atoms with Gasteiger partial charge in [-0.3, -0.25) is 19.2 Å². The molecule has 0 aromatic carbocycles. The van der Waals surface area contributed by atoms with Crippen molar-refractivity contribution in [3.8, 4) is 0 Å². The minimum Gasteiger partial charge on any atom is -0.480 e. The summed E-state index contributed by atoms with van der Waals surface area (Å²) < 4.78 is 0. The molecule has 15 nitrogen and oxygen atoms in total. The number of hydrogen-bond donors (Lipinski definition) is 9. The maximum absolute atomic E-state index is 12.8. The van der Waals surface area contributed by atoms with E-state index in [1.807, 2.05) is 0 Å². The molecule has 35 heavy (non-hydrogen) atoms. The van der Waals surface area contributed by atoms with Crippen molar-refractivity contribution < 1.29 is 29.1 Å². The summed E-state index contributed by atoms with van der Waals surface area (Å²) in [6, 6.07) is -5.09. The van der Waals surface area contributed by atoms with Gasteiger partial charge in [-0.05, 0) is 0 Å². The first kappa shape index (κ1) is 27.3. The van der Waals surface area contributed by atoms with Gasteiger partial charge in [0.15, 0.2) is 0 Å². The molecule has 4 unspecified atom stereocenters. The van der Waals surface area contributed by atoms with Gasteiger partial charge in [-0.25, -0.2) is 14.8 Å². The number of nitrogens with two attached hydrogens (primary N) is 2. The van der Waals surface area contributed by atoms with E-state index in [0.29, 0.717) is 11.4 Å². The first-order valence-electron chi connectivity index (χ1n) is 10.3. The van der Waals surface area contributed by atoms with Crippen molar-refractivity contribution in [1.29, 1.82) is 0 Å². The third-order valence-electron chi connectivity index (χ3n) is 4.78. The van der Waals surface area contributed by atoms with Gasteiger partial charge < -0.3 is 42.5 Å². The van der Waals surface area contributed by atoms with E-state index >= 15 is 0 Å². The number of carbonyl (C=O) groups excluding carboxylic acids is 4. The zero-order valence-corrected chi connectivity index (χ0v) is 19.3. The van der Waals surface area contributed by atoms with Crippen LogP contribution in [0.4, 0.5) is 0 Å². The second-order valence-corrected chi connectivity index (χ2v) is 7.91. The Kier molecular flexibility index (Phi) is 10.2. The van der Waals surface area contributed by atoms with Crippen molar-refractivity contribution >= 4 is 42.2 Å². The molecular weight excluding hydrogens is 482 g/mol. The lowest BCUT2D eigenvalue weighted by atomic mass is 10.1. The highest BCUT2D eigenvalue weighted by Crippen LogP contribution is 2.03. The molecule has 4 atom stereocenters. The molecule has 2 heterocycles. The second-order valence-electron chi connectivity index (χ2n) is 7.54. The zero-order chi connectivity index (χ0) is 26.0.